The van der Waals surface area contributed by atoms with Gasteiger partial charge in [0.15, 0.2) is 11.5 Å². The van der Waals surface area contributed by atoms with Crippen molar-refractivity contribution in [1.82, 2.24) is 5.32 Å². The van der Waals surface area contributed by atoms with Crippen LogP contribution in [-0.2, 0) is 6.54 Å². The number of ether oxygens (including phenoxy) is 2. The van der Waals surface area contributed by atoms with Crippen LogP contribution in [0.3, 0.4) is 0 Å². The van der Waals surface area contributed by atoms with Crippen molar-refractivity contribution < 1.29 is 9.47 Å². The average Bonchev–Trinajstić information content (AvgIpc) is 2.38. The van der Waals surface area contributed by atoms with Gasteiger partial charge in [0.05, 0.1) is 18.7 Å². The Morgan fingerprint density at radius 3 is 2.63 bits per heavy atom. The van der Waals surface area contributed by atoms with E-state index in [0.717, 1.165) is 29.1 Å². The van der Waals surface area contributed by atoms with Crippen LogP contribution in [0, 0.1) is 5.92 Å². The summed E-state index contributed by atoms with van der Waals surface area (Å²) in [7, 11) is 3.30. The Bertz CT molecular complexity index is 401. The van der Waals surface area contributed by atoms with E-state index in [1.165, 1.54) is 11.3 Å². The molecule has 0 aromatic heterocycles. The third kappa shape index (κ3) is 5.24. The number of methoxy groups -OCH3 is 2. The van der Waals surface area contributed by atoms with E-state index in [2.05, 4.69) is 40.5 Å². The van der Waals surface area contributed by atoms with Gasteiger partial charge < -0.3 is 14.8 Å². The largest absolute Gasteiger partial charge is 0.493 e. The van der Waals surface area contributed by atoms with Gasteiger partial charge in [0.25, 0.3) is 0 Å². The van der Waals surface area contributed by atoms with Crippen molar-refractivity contribution >= 4 is 27.7 Å². The van der Waals surface area contributed by atoms with Crippen molar-refractivity contribution in [3.8, 4) is 11.5 Å². The van der Waals surface area contributed by atoms with Crippen LogP contribution >= 0.6 is 27.7 Å². The highest BCUT2D eigenvalue weighted by Gasteiger charge is 2.10. The summed E-state index contributed by atoms with van der Waals surface area (Å²) < 4.78 is 11.6. The number of hydrogen-bond donors (Lipinski definition) is 1. The van der Waals surface area contributed by atoms with Crippen molar-refractivity contribution in [3.63, 3.8) is 0 Å². The van der Waals surface area contributed by atoms with Gasteiger partial charge in [0.2, 0.25) is 0 Å². The normalized spacial score (nSPS) is 12.3. The lowest BCUT2D eigenvalue weighted by Crippen LogP contribution is -2.22. The van der Waals surface area contributed by atoms with Gasteiger partial charge in [0.1, 0.15) is 0 Å². The lowest BCUT2D eigenvalue weighted by atomic mass is 10.1. The van der Waals surface area contributed by atoms with Crippen molar-refractivity contribution in [3.05, 3.63) is 22.2 Å². The molecule has 1 aromatic carbocycles. The summed E-state index contributed by atoms with van der Waals surface area (Å²) in [4.78, 5) is 0. The van der Waals surface area contributed by atoms with Crippen molar-refractivity contribution in [1.29, 1.82) is 0 Å². The number of nitrogens with one attached hydrogen (secondary N) is 1. The van der Waals surface area contributed by atoms with Gasteiger partial charge in [0, 0.05) is 6.54 Å². The molecule has 0 aliphatic rings. The third-order valence-corrected chi connectivity index (χ3v) is 4.26. The summed E-state index contributed by atoms with van der Waals surface area (Å²) >= 11 is 5.39. The summed E-state index contributed by atoms with van der Waals surface area (Å²) in [5.41, 5.74) is 1.18. The van der Waals surface area contributed by atoms with Crippen molar-refractivity contribution in [2.75, 3.05) is 32.8 Å². The lowest BCUT2D eigenvalue weighted by Gasteiger charge is -2.14. The van der Waals surface area contributed by atoms with Crippen LogP contribution in [0.2, 0.25) is 0 Å². The van der Waals surface area contributed by atoms with Crippen LogP contribution in [0.15, 0.2) is 16.6 Å². The van der Waals surface area contributed by atoms with Gasteiger partial charge in [-0.05, 0) is 58.1 Å². The molecule has 0 radical (unpaired) electrons. The minimum absolute atomic E-state index is 0.679. The standard InChI is InChI=1S/C14H22BrNO2S/c1-10(9-19-4)7-16-8-11-5-12(15)14(18-3)13(6-11)17-2/h5-6,10,16H,7-9H2,1-4H3. The van der Waals surface area contributed by atoms with Crippen molar-refractivity contribution in [2.24, 2.45) is 5.92 Å². The maximum Gasteiger partial charge on any atom is 0.174 e. The zero-order valence-electron chi connectivity index (χ0n) is 12.0. The summed E-state index contributed by atoms with van der Waals surface area (Å²) in [6, 6.07) is 4.07. The Morgan fingerprint density at radius 2 is 2.05 bits per heavy atom. The summed E-state index contributed by atoms with van der Waals surface area (Å²) in [6.07, 6.45) is 2.14. The summed E-state index contributed by atoms with van der Waals surface area (Å²) in [5, 5.41) is 3.47. The minimum atomic E-state index is 0.679. The van der Waals surface area contributed by atoms with E-state index in [4.69, 9.17) is 9.47 Å². The molecule has 0 spiro atoms. The summed E-state index contributed by atoms with van der Waals surface area (Å²) in [6.45, 7) is 4.11. The molecule has 1 N–H and O–H groups in total. The SMILES string of the molecule is COc1cc(CNCC(C)CSC)cc(Br)c1OC. The quantitative estimate of drug-likeness (QED) is 0.778. The smallest absolute Gasteiger partial charge is 0.174 e. The number of halogens is 1. The highest BCUT2D eigenvalue weighted by atomic mass is 79.9. The van der Waals surface area contributed by atoms with Crippen LogP contribution in [0.25, 0.3) is 0 Å². The molecule has 0 heterocycles. The van der Waals surface area contributed by atoms with E-state index >= 15 is 0 Å². The van der Waals surface area contributed by atoms with Gasteiger partial charge in [-0.1, -0.05) is 6.92 Å². The Labute approximate surface area is 128 Å². The molecule has 0 amide bonds. The van der Waals surface area contributed by atoms with E-state index in [1.807, 2.05) is 17.8 Å². The molecule has 1 unspecified atom stereocenters. The third-order valence-electron chi connectivity index (χ3n) is 2.77. The first-order valence-electron chi connectivity index (χ1n) is 6.22. The molecule has 0 bridgehead atoms. The molecule has 1 rings (SSSR count). The lowest BCUT2D eigenvalue weighted by molar-refractivity contribution is 0.352. The summed E-state index contributed by atoms with van der Waals surface area (Å²) in [5.74, 6) is 3.36. The van der Waals surface area contributed by atoms with E-state index in [9.17, 15) is 0 Å². The second-order valence-electron chi connectivity index (χ2n) is 4.50. The Kier molecular flexibility index (Phi) is 7.64. The van der Waals surface area contributed by atoms with E-state index < -0.39 is 0 Å². The predicted molar refractivity (Wildman–Crippen MR) is 86.5 cm³/mol. The minimum Gasteiger partial charge on any atom is -0.493 e. The van der Waals surface area contributed by atoms with E-state index in [1.54, 1.807) is 14.2 Å². The Morgan fingerprint density at radius 1 is 1.32 bits per heavy atom. The zero-order chi connectivity index (χ0) is 14.3. The molecule has 1 atom stereocenters. The molecule has 0 saturated carbocycles. The fourth-order valence-corrected chi connectivity index (χ4v) is 3.22. The molecule has 0 saturated heterocycles. The van der Waals surface area contributed by atoms with Gasteiger partial charge in [-0.15, -0.1) is 0 Å². The maximum absolute atomic E-state index is 5.34. The number of thioether (sulfide) groups is 1. The molecule has 0 aliphatic heterocycles. The fraction of sp³-hybridized carbons (Fsp3) is 0.571. The van der Waals surface area contributed by atoms with Crippen LogP contribution in [0.4, 0.5) is 0 Å². The van der Waals surface area contributed by atoms with Gasteiger partial charge in [-0.2, -0.15) is 11.8 Å². The molecule has 3 nitrogen and oxygen atoms in total. The van der Waals surface area contributed by atoms with Gasteiger partial charge in [-0.25, -0.2) is 0 Å². The van der Waals surface area contributed by atoms with Gasteiger partial charge in [-0.3, -0.25) is 0 Å². The molecule has 5 heteroatoms. The van der Waals surface area contributed by atoms with E-state index in [-0.39, 0.29) is 0 Å². The van der Waals surface area contributed by atoms with Crippen LogP contribution < -0.4 is 14.8 Å². The monoisotopic (exact) mass is 347 g/mol. The molecule has 0 fully saturated rings. The van der Waals surface area contributed by atoms with Gasteiger partial charge >= 0.3 is 0 Å². The molecule has 108 valence electrons. The van der Waals surface area contributed by atoms with Crippen LogP contribution in [0.1, 0.15) is 12.5 Å². The number of benzene rings is 1. The van der Waals surface area contributed by atoms with Crippen LogP contribution in [-0.4, -0.2) is 32.8 Å². The first-order chi connectivity index (χ1) is 9.12. The fourth-order valence-electron chi connectivity index (χ4n) is 1.88. The van der Waals surface area contributed by atoms with Crippen molar-refractivity contribution in [2.45, 2.75) is 13.5 Å². The first-order valence-corrected chi connectivity index (χ1v) is 8.41. The molecule has 19 heavy (non-hydrogen) atoms. The topological polar surface area (TPSA) is 30.5 Å². The first kappa shape index (κ1) is 16.7. The number of hydrogen-bond acceptors (Lipinski definition) is 4. The highest BCUT2D eigenvalue weighted by molar-refractivity contribution is 9.10. The molecular weight excluding hydrogens is 326 g/mol. The Hall–Kier alpha value is -0.390. The molecule has 0 aliphatic carbocycles. The highest BCUT2D eigenvalue weighted by Crippen LogP contribution is 2.36. The average molecular weight is 348 g/mol. The second kappa shape index (κ2) is 8.72. The van der Waals surface area contributed by atoms with E-state index in [0.29, 0.717) is 5.92 Å². The van der Waals surface area contributed by atoms with Crippen LogP contribution in [0.5, 0.6) is 11.5 Å². The Balaban J connectivity index is 2.62. The second-order valence-corrected chi connectivity index (χ2v) is 6.27. The maximum atomic E-state index is 5.34. The molecular formula is C14H22BrNO2S. The molecule has 1 aromatic rings. The number of rotatable bonds is 8. The zero-order valence-corrected chi connectivity index (χ0v) is 14.4. The predicted octanol–water partition coefficient (Wildman–Crippen LogP) is 3.56.